The van der Waals surface area contributed by atoms with E-state index in [1.165, 1.54) is 40.8 Å². The van der Waals surface area contributed by atoms with E-state index >= 15 is 0 Å². The van der Waals surface area contributed by atoms with Crippen LogP contribution in [0.5, 0.6) is 0 Å². The van der Waals surface area contributed by atoms with Crippen LogP contribution in [0.15, 0.2) is 18.2 Å². The van der Waals surface area contributed by atoms with Gasteiger partial charge in [0.15, 0.2) is 0 Å². The molecule has 0 N–H and O–H groups in total. The molecule has 1 saturated heterocycles. The van der Waals surface area contributed by atoms with Crippen molar-refractivity contribution in [3.63, 3.8) is 0 Å². The van der Waals surface area contributed by atoms with Gasteiger partial charge in [0.1, 0.15) is 0 Å². The third-order valence-electron chi connectivity index (χ3n) is 3.53. The fourth-order valence-corrected chi connectivity index (χ4v) is 2.72. The summed E-state index contributed by atoms with van der Waals surface area (Å²) in [6, 6.07) is 6.80. The average Bonchev–Trinajstić information content (AvgIpc) is 2.87. The molecule has 0 aromatic heterocycles. The largest absolute Gasteiger partial charge is 0.370 e. The van der Waals surface area contributed by atoms with Gasteiger partial charge in [0.05, 0.1) is 0 Å². The van der Waals surface area contributed by atoms with Gasteiger partial charge >= 0.3 is 0 Å². The summed E-state index contributed by atoms with van der Waals surface area (Å²) in [6.07, 6.45) is 2.93. The summed E-state index contributed by atoms with van der Waals surface area (Å²) in [5.74, 6) is 0. The molecule has 74 valence electrons. The van der Waals surface area contributed by atoms with Crippen LogP contribution in [0.25, 0.3) is 0 Å². The summed E-state index contributed by atoms with van der Waals surface area (Å²) in [6.45, 7) is 4.77. The van der Waals surface area contributed by atoms with Crippen molar-refractivity contribution >= 4 is 28.3 Å². The van der Waals surface area contributed by atoms with Crippen molar-refractivity contribution < 1.29 is 0 Å². The van der Waals surface area contributed by atoms with Gasteiger partial charge in [0.2, 0.25) is 0 Å². The third-order valence-corrected chi connectivity index (χ3v) is 4.69. The number of hydrogen-bond donors (Lipinski definition) is 0. The van der Waals surface area contributed by atoms with Crippen LogP contribution in [0.1, 0.15) is 18.4 Å². The Morgan fingerprint density at radius 1 is 1.29 bits per heavy atom. The van der Waals surface area contributed by atoms with Crippen molar-refractivity contribution in [2.24, 2.45) is 5.41 Å². The topological polar surface area (TPSA) is 3.24 Å². The number of hydrogen-bond acceptors (Lipinski definition) is 1. The highest BCUT2D eigenvalue weighted by atomic mass is 127. The number of aryl methyl sites for hydroxylation is 1. The summed E-state index contributed by atoms with van der Waals surface area (Å²) in [7, 11) is 0. The van der Waals surface area contributed by atoms with Crippen molar-refractivity contribution in [3.05, 3.63) is 27.3 Å². The molecular weight excluding hydrogens is 285 g/mol. The number of benzene rings is 1. The lowest BCUT2D eigenvalue weighted by atomic mass is 9.96. The molecule has 1 nitrogen and oxygen atoms in total. The van der Waals surface area contributed by atoms with E-state index in [9.17, 15) is 0 Å². The minimum atomic E-state index is 0.760. The SMILES string of the molecule is Cc1ccc(N2CC3(CC3)C2)cc1I. The molecule has 1 heterocycles. The van der Waals surface area contributed by atoms with Crippen molar-refractivity contribution in [1.82, 2.24) is 0 Å². The monoisotopic (exact) mass is 299 g/mol. The first-order valence-electron chi connectivity index (χ1n) is 5.20. The van der Waals surface area contributed by atoms with Gasteiger partial charge in [-0.05, 0) is 60.1 Å². The highest BCUT2D eigenvalue weighted by molar-refractivity contribution is 14.1. The van der Waals surface area contributed by atoms with E-state index < -0.39 is 0 Å². The highest BCUT2D eigenvalue weighted by Crippen LogP contribution is 2.53. The zero-order valence-corrected chi connectivity index (χ0v) is 10.5. The minimum Gasteiger partial charge on any atom is -0.370 e. The molecule has 1 aliphatic carbocycles. The lowest BCUT2D eigenvalue weighted by Crippen LogP contribution is -2.48. The molecule has 1 aromatic rings. The van der Waals surface area contributed by atoms with E-state index in [4.69, 9.17) is 0 Å². The first kappa shape index (κ1) is 9.01. The Labute approximate surface area is 98.6 Å². The van der Waals surface area contributed by atoms with Crippen LogP contribution in [0.4, 0.5) is 5.69 Å². The molecule has 1 spiro atoms. The highest BCUT2D eigenvalue weighted by Gasteiger charge is 2.52. The molecule has 0 amide bonds. The molecule has 2 heteroatoms. The first-order valence-corrected chi connectivity index (χ1v) is 6.28. The number of halogens is 1. The average molecular weight is 299 g/mol. The quantitative estimate of drug-likeness (QED) is 0.720. The standard InChI is InChI=1S/C12H14IN/c1-9-2-3-10(6-11(9)13)14-7-12(8-14)4-5-12/h2-3,6H,4-5,7-8H2,1H3. The first-order chi connectivity index (χ1) is 6.69. The second kappa shape index (κ2) is 2.87. The van der Waals surface area contributed by atoms with Gasteiger partial charge in [-0.1, -0.05) is 6.07 Å². The van der Waals surface area contributed by atoms with E-state index in [0.29, 0.717) is 0 Å². The van der Waals surface area contributed by atoms with E-state index in [-0.39, 0.29) is 0 Å². The van der Waals surface area contributed by atoms with Gasteiger partial charge in [0, 0.05) is 27.8 Å². The van der Waals surface area contributed by atoms with Crippen molar-refractivity contribution in [2.75, 3.05) is 18.0 Å². The second-order valence-corrected chi connectivity index (χ2v) is 5.95. The number of rotatable bonds is 1. The van der Waals surface area contributed by atoms with Gasteiger partial charge in [0.25, 0.3) is 0 Å². The van der Waals surface area contributed by atoms with Gasteiger partial charge in [-0.3, -0.25) is 0 Å². The lowest BCUT2D eigenvalue weighted by Gasteiger charge is -2.42. The Bertz CT molecular complexity index is 374. The van der Waals surface area contributed by atoms with Gasteiger partial charge < -0.3 is 4.90 Å². The molecule has 2 fully saturated rings. The molecule has 0 atom stereocenters. The van der Waals surface area contributed by atoms with Crippen LogP contribution < -0.4 is 4.90 Å². The van der Waals surface area contributed by atoms with Crippen molar-refractivity contribution in [3.8, 4) is 0 Å². The van der Waals surface area contributed by atoms with Crippen LogP contribution in [0, 0.1) is 15.9 Å². The molecule has 14 heavy (non-hydrogen) atoms. The van der Waals surface area contributed by atoms with Crippen LogP contribution in [-0.4, -0.2) is 13.1 Å². The molecule has 0 unspecified atom stereocenters. The smallest absolute Gasteiger partial charge is 0.0377 e. The van der Waals surface area contributed by atoms with E-state index in [1.807, 2.05) is 0 Å². The Hall–Kier alpha value is -0.250. The van der Waals surface area contributed by atoms with Crippen LogP contribution >= 0.6 is 22.6 Å². The van der Waals surface area contributed by atoms with Gasteiger partial charge in [-0.2, -0.15) is 0 Å². The number of anilines is 1. The van der Waals surface area contributed by atoms with Crippen LogP contribution in [0.2, 0.25) is 0 Å². The summed E-state index contributed by atoms with van der Waals surface area (Å²) < 4.78 is 1.39. The molecule has 0 radical (unpaired) electrons. The predicted octanol–water partition coefficient (Wildman–Crippen LogP) is 3.20. The molecule has 1 aromatic carbocycles. The second-order valence-electron chi connectivity index (χ2n) is 4.79. The van der Waals surface area contributed by atoms with E-state index in [0.717, 1.165) is 5.41 Å². The molecule has 3 rings (SSSR count). The Balaban J connectivity index is 1.80. The van der Waals surface area contributed by atoms with Gasteiger partial charge in [-0.25, -0.2) is 0 Å². The lowest BCUT2D eigenvalue weighted by molar-refractivity contribution is 0.387. The summed E-state index contributed by atoms with van der Waals surface area (Å²) in [4.78, 5) is 2.51. The normalized spacial score (nSPS) is 22.3. The van der Waals surface area contributed by atoms with E-state index in [2.05, 4.69) is 52.6 Å². The Morgan fingerprint density at radius 3 is 2.57 bits per heavy atom. The Kier molecular flexibility index (Phi) is 1.85. The van der Waals surface area contributed by atoms with Crippen molar-refractivity contribution in [2.45, 2.75) is 19.8 Å². The fourth-order valence-electron chi connectivity index (χ4n) is 2.22. The molecule has 0 bridgehead atoms. The summed E-state index contributed by atoms with van der Waals surface area (Å²) >= 11 is 2.42. The zero-order valence-electron chi connectivity index (χ0n) is 8.39. The maximum atomic E-state index is 2.51. The zero-order chi connectivity index (χ0) is 9.76. The maximum absolute atomic E-state index is 2.51. The predicted molar refractivity (Wildman–Crippen MR) is 67.8 cm³/mol. The Morgan fingerprint density at radius 2 is 2.00 bits per heavy atom. The summed E-state index contributed by atoms with van der Waals surface area (Å²) in [5, 5.41) is 0. The number of nitrogens with zero attached hydrogens (tertiary/aromatic N) is 1. The summed E-state index contributed by atoms with van der Waals surface area (Å²) in [5.41, 5.74) is 3.56. The van der Waals surface area contributed by atoms with Crippen molar-refractivity contribution in [1.29, 1.82) is 0 Å². The van der Waals surface area contributed by atoms with E-state index in [1.54, 1.807) is 0 Å². The van der Waals surface area contributed by atoms with Gasteiger partial charge in [-0.15, -0.1) is 0 Å². The third kappa shape index (κ3) is 1.35. The fraction of sp³-hybridized carbons (Fsp3) is 0.500. The molecule has 1 saturated carbocycles. The van der Waals surface area contributed by atoms with Crippen LogP contribution in [0.3, 0.4) is 0 Å². The minimum absolute atomic E-state index is 0.760. The molecule has 2 aliphatic rings. The van der Waals surface area contributed by atoms with Crippen LogP contribution in [-0.2, 0) is 0 Å². The molecule has 1 aliphatic heterocycles. The molecular formula is C12H14IN. The maximum Gasteiger partial charge on any atom is 0.0377 e.